The molecule has 0 spiro atoms. The summed E-state index contributed by atoms with van der Waals surface area (Å²) >= 11 is 0. The second kappa shape index (κ2) is 80.7. The number of nitrogens with zero attached hydrogens (tertiary/aromatic N) is 1. The lowest BCUT2D eigenvalue weighted by Crippen LogP contribution is -2.37. The number of phosphoric ester groups is 1. The van der Waals surface area contributed by atoms with Crippen LogP contribution in [0.4, 0.5) is 0 Å². The zero-order chi connectivity index (χ0) is 74.0. The second-order valence-corrected chi connectivity index (χ2v) is 30.5. The Morgan fingerprint density at radius 2 is 0.529 bits per heavy atom. The molecule has 9 nitrogen and oxygen atoms in total. The molecule has 10 heteroatoms. The van der Waals surface area contributed by atoms with Gasteiger partial charge in [-0.2, -0.15) is 0 Å². The van der Waals surface area contributed by atoms with Gasteiger partial charge in [0.05, 0.1) is 27.7 Å². The van der Waals surface area contributed by atoms with Crippen LogP contribution in [-0.2, 0) is 32.7 Å². The van der Waals surface area contributed by atoms with Crippen molar-refractivity contribution < 1.29 is 42.1 Å². The highest BCUT2D eigenvalue weighted by Gasteiger charge is 2.22. The summed E-state index contributed by atoms with van der Waals surface area (Å²) in [6.45, 7) is 4.04. The molecule has 0 saturated carbocycles. The third-order valence-corrected chi connectivity index (χ3v) is 19.0. The molecule has 0 bridgehead atoms. The molecule has 0 saturated heterocycles. The zero-order valence-electron chi connectivity index (χ0n) is 66.8. The topological polar surface area (TPSA) is 111 Å². The number of hydrogen-bond acceptors (Lipinski definition) is 8. The number of rotatable bonds is 77. The Labute approximate surface area is 630 Å². The SMILES string of the molecule is CC/C=C\C/C=C\C/C=C\C/C=C\C/C=C\C/C=C\C/C=C\C/C=C\CCCCCCCCCCCCCCC(=O)OC(COC(=O)CCCCCCCCCCCCCCCCCCCCCCCCCCC/C=C\C/C=C\C/C=C\C/C=C\C/C=C\CC)COP(=O)([O-])OCC[N+](C)(C)C. The summed E-state index contributed by atoms with van der Waals surface area (Å²) in [7, 11) is 1.17. The minimum atomic E-state index is -4.65. The van der Waals surface area contributed by atoms with Crippen molar-refractivity contribution in [2.45, 2.75) is 367 Å². The molecule has 0 aliphatic rings. The molecule has 2 atom stereocenters. The van der Waals surface area contributed by atoms with E-state index in [-0.39, 0.29) is 32.0 Å². The lowest BCUT2D eigenvalue weighted by atomic mass is 10.0. The van der Waals surface area contributed by atoms with Gasteiger partial charge in [-0.15, -0.1) is 0 Å². The van der Waals surface area contributed by atoms with Gasteiger partial charge in [-0.05, 0) is 122 Å². The molecule has 0 heterocycles. The van der Waals surface area contributed by atoms with Crippen LogP contribution in [0.3, 0.4) is 0 Å². The number of carbonyl (C=O) groups excluding carboxylic acids is 2. The molecule has 2 unspecified atom stereocenters. The zero-order valence-corrected chi connectivity index (χ0v) is 67.7. The number of likely N-dealkylation sites (N-methyl/N-ethyl adjacent to an activating group) is 1. The van der Waals surface area contributed by atoms with Crippen LogP contribution in [-0.4, -0.2) is 70.0 Å². The fraction of sp³-hybridized carbons (Fsp3) is 0.696. The predicted octanol–water partition coefficient (Wildman–Crippen LogP) is 28.0. The molecular formula is C92H158NO8P. The lowest BCUT2D eigenvalue weighted by Gasteiger charge is -2.28. The first-order chi connectivity index (χ1) is 50.0. The molecule has 584 valence electrons. The molecule has 0 aromatic rings. The minimum absolute atomic E-state index is 0.0351. The molecule has 0 radical (unpaired) electrons. The molecule has 0 amide bonds. The van der Waals surface area contributed by atoms with Crippen molar-refractivity contribution in [2.75, 3.05) is 47.5 Å². The van der Waals surface area contributed by atoms with Crippen molar-refractivity contribution in [3.63, 3.8) is 0 Å². The van der Waals surface area contributed by atoms with Crippen LogP contribution < -0.4 is 4.89 Å². The Kier molecular flexibility index (Phi) is 77.3. The molecular weight excluding hydrogens is 1280 g/mol. The van der Waals surface area contributed by atoms with E-state index < -0.39 is 26.5 Å². The summed E-state index contributed by atoms with van der Waals surface area (Å²) in [5.74, 6) is -0.827. The van der Waals surface area contributed by atoms with Gasteiger partial charge in [-0.1, -0.05) is 384 Å². The average Bonchev–Trinajstić information content (AvgIpc) is 0.913. The molecule has 0 aliphatic carbocycles. The van der Waals surface area contributed by atoms with Crippen LogP contribution in [0.25, 0.3) is 0 Å². The number of quaternary nitrogens is 1. The molecule has 0 fully saturated rings. The van der Waals surface area contributed by atoms with E-state index in [1.807, 2.05) is 21.1 Å². The Bertz CT molecular complexity index is 2290. The molecule has 0 N–H and O–H groups in total. The van der Waals surface area contributed by atoms with Gasteiger partial charge < -0.3 is 27.9 Å². The Morgan fingerprint density at radius 3 is 0.784 bits per heavy atom. The largest absolute Gasteiger partial charge is 0.756 e. The minimum Gasteiger partial charge on any atom is -0.756 e. The summed E-state index contributed by atoms with van der Waals surface area (Å²) < 4.78 is 34.4. The van der Waals surface area contributed by atoms with E-state index in [0.29, 0.717) is 17.4 Å². The molecule has 102 heavy (non-hydrogen) atoms. The average molecular weight is 1440 g/mol. The number of hydrogen-bond donors (Lipinski definition) is 0. The summed E-state index contributed by atoms with van der Waals surface area (Å²) in [5.41, 5.74) is 0. The van der Waals surface area contributed by atoms with E-state index in [0.717, 1.165) is 122 Å². The first-order valence-corrected chi connectivity index (χ1v) is 43.7. The number of allylic oxidation sites excluding steroid dienone is 26. The van der Waals surface area contributed by atoms with Crippen molar-refractivity contribution in [2.24, 2.45) is 0 Å². The fourth-order valence-corrected chi connectivity index (χ4v) is 12.4. The molecule has 0 aromatic carbocycles. The highest BCUT2D eigenvalue weighted by molar-refractivity contribution is 7.45. The van der Waals surface area contributed by atoms with Crippen LogP contribution in [0.5, 0.6) is 0 Å². The fourth-order valence-electron chi connectivity index (χ4n) is 11.7. The Morgan fingerprint density at radius 1 is 0.304 bits per heavy atom. The van der Waals surface area contributed by atoms with Gasteiger partial charge in [0.1, 0.15) is 19.8 Å². The van der Waals surface area contributed by atoms with Crippen molar-refractivity contribution in [3.8, 4) is 0 Å². The highest BCUT2D eigenvalue weighted by Crippen LogP contribution is 2.38. The second-order valence-electron chi connectivity index (χ2n) is 29.1. The quantitative estimate of drug-likeness (QED) is 0.0195. The maximum absolute atomic E-state index is 12.9. The standard InChI is InChI=1S/C92H158NO8P/c1-6-8-10-12-14-16-18-20-22-24-26-28-30-32-34-36-38-40-42-44-45-46-47-49-50-52-54-56-58-60-62-64-66-68-70-72-74-76-78-80-82-84-91(94)98-88-90(89-100-102(96,97)99-87-86-93(3,4)5)101-92(95)85-83-81-79-77-75-73-71-69-67-65-63-61-59-57-55-53-51-48-43-41-39-37-35-33-31-29-27-25-23-21-19-17-15-13-11-9-7-2/h8-11,14-17,20-23,26-29,32-35,39,41,48,51,55,57,90H,6-7,12-13,18-19,24-25,30-31,36-38,40,42-47,49-50,52-54,56,58-89H2,1-5H3/b10-8-,11-9-,16-14-,17-15-,22-20-,23-21-,28-26-,29-27-,34-32-,35-33-,41-39-,51-48-,57-55-. The first-order valence-electron chi connectivity index (χ1n) is 42.2. The third kappa shape index (κ3) is 84.6. The Hall–Kier alpha value is -4.37. The van der Waals surface area contributed by atoms with E-state index in [1.54, 1.807) is 0 Å². The number of ether oxygens (including phenoxy) is 2. The molecule has 0 rings (SSSR count). The summed E-state index contributed by atoms with van der Waals surface area (Å²) in [5, 5.41) is 0. The van der Waals surface area contributed by atoms with Crippen LogP contribution in [0.2, 0.25) is 0 Å². The van der Waals surface area contributed by atoms with Gasteiger partial charge in [-0.3, -0.25) is 14.2 Å². The van der Waals surface area contributed by atoms with Crippen molar-refractivity contribution in [3.05, 3.63) is 158 Å². The monoisotopic (exact) mass is 1440 g/mol. The van der Waals surface area contributed by atoms with E-state index in [1.165, 1.54) is 205 Å². The van der Waals surface area contributed by atoms with E-state index in [4.69, 9.17) is 18.5 Å². The molecule has 0 aromatic heterocycles. The van der Waals surface area contributed by atoms with Gasteiger partial charge in [0, 0.05) is 12.8 Å². The predicted molar refractivity (Wildman–Crippen MR) is 443 cm³/mol. The van der Waals surface area contributed by atoms with Crippen LogP contribution in [0.15, 0.2) is 158 Å². The van der Waals surface area contributed by atoms with Gasteiger partial charge in [-0.25, -0.2) is 0 Å². The van der Waals surface area contributed by atoms with Gasteiger partial charge in [0.25, 0.3) is 7.82 Å². The number of carbonyl (C=O) groups is 2. The van der Waals surface area contributed by atoms with Gasteiger partial charge >= 0.3 is 11.9 Å². The summed E-state index contributed by atoms with van der Waals surface area (Å²) in [4.78, 5) is 38.2. The maximum atomic E-state index is 12.9. The van der Waals surface area contributed by atoms with Crippen molar-refractivity contribution in [1.29, 1.82) is 0 Å². The normalized spacial score (nSPS) is 13.8. The number of esters is 2. The summed E-state index contributed by atoms with van der Waals surface area (Å²) in [6.07, 6.45) is 121. The van der Waals surface area contributed by atoms with Crippen LogP contribution in [0, 0.1) is 0 Å². The lowest BCUT2D eigenvalue weighted by molar-refractivity contribution is -0.870. The third-order valence-electron chi connectivity index (χ3n) is 18.0. The molecule has 0 aliphatic heterocycles. The van der Waals surface area contributed by atoms with Crippen molar-refractivity contribution >= 4 is 19.8 Å². The van der Waals surface area contributed by atoms with Gasteiger partial charge in [0.15, 0.2) is 6.10 Å². The van der Waals surface area contributed by atoms with Crippen LogP contribution >= 0.6 is 7.82 Å². The number of phosphoric acid groups is 1. The van der Waals surface area contributed by atoms with Gasteiger partial charge in [0.2, 0.25) is 0 Å². The number of unbranched alkanes of at least 4 members (excludes halogenated alkanes) is 37. The Balaban J connectivity index is 3.95. The van der Waals surface area contributed by atoms with E-state index in [2.05, 4.69) is 172 Å². The highest BCUT2D eigenvalue weighted by atomic mass is 31.2. The summed E-state index contributed by atoms with van der Waals surface area (Å²) in [6, 6.07) is 0. The van der Waals surface area contributed by atoms with E-state index >= 15 is 0 Å². The van der Waals surface area contributed by atoms with Crippen LogP contribution in [0.1, 0.15) is 361 Å². The smallest absolute Gasteiger partial charge is 0.306 e. The van der Waals surface area contributed by atoms with Crippen molar-refractivity contribution in [1.82, 2.24) is 0 Å². The first kappa shape index (κ1) is 97.6. The maximum Gasteiger partial charge on any atom is 0.306 e. The van der Waals surface area contributed by atoms with E-state index in [9.17, 15) is 19.0 Å².